The van der Waals surface area contributed by atoms with Crippen LogP contribution in [0, 0.1) is 17.1 Å². The fourth-order valence-electron chi connectivity index (χ4n) is 4.01. The number of nitrogens with zero attached hydrogens (tertiary/aromatic N) is 7. The van der Waals surface area contributed by atoms with Crippen molar-refractivity contribution in [1.29, 1.82) is 5.26 Å². The van der Waals surface area contributed by atoms with Gasteiger partial charge in [0.05, 0.1) is 22.7 Å². The molecule has 1 N–H and O–H groups in total. The number of carbonyl (C=O) groups excluding carboxylic acids is 1. The monoisotopic (exact) mass is 546 g/mol. The molecule has 0 saturated heterocycles. The quantitative estimate of drug-likeness (QED) is 0.312. The minimum absolute atomic E-state index is 0.0195. The van der Waals surface area contributed by atoms with E-state index >= 15 is 0 Å². The van der Waals surface area contributed by atoms with E-state index < -0.39 is 17.3 Å². The van der Waals surface area contributed by atoms with Gasteiger partial charge >= 0.3 is 0 Å². The largest absolute Gasteiger partial charge is 0.474 e. The fourth-order valence-corrected chi connectivity index (χ4v) is 5.17. The summed E-state index contributed by atoms with van der Waals surface area (Å²) < 4.78 is 23.1. The van der Waals surface area contributed by atoms with E-state index in [0.717, 1.165) is 18.7 Å². The van der Waals surface area contributed by atoms with E-state index in [1.807, 2.05) is 11.4 Å². The number of ether oxygens (including phenoxy) is 1. The zero-order valence-electron chi connectivity index (χ0n) is 21.1. The van der Waals surface area contributed by atoms with Crippen LogP contribution in [-0.2, 0) is 13.6 Å². The smallest absolute Gasteiger partial charge is 0.263 e. The molecule has 1 saturated carbocycles. The number of halogens is 1. The van der Waals surface area contributed by atoms with Crippen LogP contribution in [0.2, 0.25) is 0 Å². The number of aryl methyl sites for hydroxylation is 1. The highest BCUT2D eigenvalue weighted by Crippen LogP contribution is 2.50. The number of hydrogen-bond donors (Lipinski definition) is 1. The van der Waals surface area contributed by atoms with E-state index in [1.165, 1.54) is 42.1 Å². The van der Waals surface area contributed by atoms with Crippen molar-refractivity contribution in [1.82, 2.24) is 30.0 Å². The third-order valence-corrected chi connectivity index (χ3v) is 7.70. The Bertz CT molecular complexity index is 1650. The van der Waals surface area contributed by atoms with Gasteiger partial charge in [0.1, 0.15) is 29.6 Å². The number of nitriles is 1. The number of fused-ring (bicyclic) bond motifs is 1. The predicted molar refractivity (Wildman–Crippen MR) is 143 cm³/mol. The lowest BCUT2D eigenvalue weighted by Crippen LogP contribution is -2.32. The van der Waals surface area contributed by atoms with Gasteiger partial charge in [0.25, 0.3) is 17.3 Å². The van der Waals surface area contributed by atoms with Crippen LogP contribution in [0.25, 0.3) is 10.9 Å². The molecule has 3 aromatic heterocycles. The highest BCUT2D eigenvalue weighted by Gasteiger charge is 2.46. The first-order valence-electron chi connectivity index (χ1n) is 11.9. The molecule has 1 fully saturated rings. The Morgan fingerprint density at radius 2 is 2.13 bits per heavy atom. The van der Waals surface area contributed by atoms with Crippen molar-refractivity contribution < 1.29 is 13.9 Å². The van der Waals surface area contributed by atoms with Gasteiger partial charge in [-0.05, 0) is 48.6 Å². The van der Waals surface area contributed by atoms with Gasteiger partial charge in [-0.1, -0.05) is 6.07 Å². The molecule has 1 aromatic carbocycles. The first-order chi connectivity index (χ1) is 18.8. The maximum Gasteiger partial charge on any atom is 0.263 e. The summed E-state index contributed by atoms with van der Waals surface area (Å²) in [6.07, 6.45) is 8.27. The summed E-state index contributed by atoms with van der Waals surface area (Å²) in [5.74, 6) is -0.372. The maximum atomic E-state index is 13.9. The van der Waals surface area contributed by atoms with Crippen LogP contribution >= 0.6 is 11.9 Å². The van der Waals surface area contributed by atoms with Crippen LogP contribution in [0.15, 0.2) is 53.8 Å². The number of amides is 1. The highest BCUT2D eigenvalue weighted by molar-refractivity contribution is 8.02. The van der Waals surface area contributed by atoms with Gasteiger partial charge in [0, 0.05) is 38.4 Å². The first kappa shape index (κ1) is 26.1. The lowest BCUT2D eigenvalue weighted by atomic mass is 10.1. The Morgan fingerprint density at radius 3 is 2.82 bits per heavy atom. The van der Waals surface area contributed by atoms with Crippen LogP contribution < -0.4 is 19.9 Å². The maximum absolute atomic E-state index is 13.9. The lowest BCUT2D eigenvalue weighted by molar-refractivity contribution is 0.0949. The second-order valence-corrected chi connectivity index (χ2v) is 10.7. The van der Waals surface area contributed by atoms with E-state index in [9.17, 15) is 14.0 Å². The van der Waals surface area contributed by atoms with Crippen molar-refractivity contribution in [2.45, 2.75) is 24.1 Å². The molecule has 1 aliphatic rings. The number of nitrogens with one attached hydrogen (secondary N) is 1. The molecule has 0 unspecified atom stereocenters. The molecule has 11 nitrogen and oxygen atoms in total. The number of hydrogen-bond acceptors (Lipinski definition) is 10. The van der Waals surface area contributed by atoms with Crippen molar-refractivity contribution >= 4 is 34.6 Å². The SMILES string of the molecule is CN(SC1(COc2nncc3cc(C(=O)NCc4ccc(C#N)c(F)c4)c(=O)n(C)c23)CC1)c1cnccn1. The molecule has 0 radical (unpaired) electrons. The molecule has 3 heterocycles. The Kier molecular flexibility index (Phi) is 7.12. The molecular formula is C26H23FN8O3S. The number of pyridine rings is 1. The highest BCUT2D eigenvalue weighted by atomic mass is 32.2. The van der Waals surface area contributed by atoms with E-state index in [4.69, 9.17) is 10.00 Å². The molecule has 4 aromatic rings. The third kappa shape index (κ3) is 5.51. The fraction of sp³-hybridized carbons (Fsp3) is 0.269. The molecule has 39 heavy (non-hydrogen) atoms. The van der Waals surface area contributed by atoms with Gasteiger partial charge in [-0.15, -0.1) is 5.10 Å². The Morgan fingerprint density at radius 1 is 1.31 bits per heavy atom. The van der Waals surface area contributed by atoms with E-state index in [0.29, 0.717) is 23.1 Å². The van der Waals surface area contributed by atoms with Crippen LogP contribution in [0.3, 0.4) is 0 Å². The van der Waals surface area contributed by atoms with E-state index in [-0.39, 0.29) is 28.3 Å². The molecule has 198 valence electrons. The summed E-state index contributed by atoms with van der Waals surface area (Å²) in [6, 6.07) is 7.24. The van der Waals surface area contributed by atoms with Crippen molar-refractivity contribution in [2.24, 2.45) is 7.05 Å². The molecule has 0 aliphatic heterocycles. The predicted octanol–water partition coefficient (Wildman–Crippen LogP) is 2.76. The summed E-state index contributed by atoms with van der Waals surface area (Å²) in [5.41, 5.74) is 0.149. The zero-order chi connectivity index (χ0) is 27.6. The lowest BCUT2D eigenvalue weighted by Gasteiger charge is -2.23. The first-order valence-corrected chi connectivity index (χ1v) is 12.7. The standard InChI is InChI=1S/C26H23FN8O3S/c1-34-22-18(10-19(25(34)37)23(36)31-12-16-3-4-17(11-28)20(27)9-16)13-32-33-24(22)38-15-26(5-6-26)39-35(2)21-14-29-7-8-30-21/h3-4,7-10,13-14H,5-6,12,15H2,1-2H3,(H,31,36). The van der Waals surface area contributed by atoms with Gasteiger partial charge in [0.15, 0.2) is 5.82 Å². The summed E-state index contributed by atoms with van der Waals surface area (Å²) in [4.78, 5) is 34.4. The topological polar surface area (TPSA) is 139 Å². The molecular weight excluding hydrogens is 523 g/mol. The Balaban J connectivity index is 1.31. The molecule has 5 rings (SSSR count). The van der Waals surface area contributed by atoms with Gasteiger partial charge in [-0.3, -0.25) is 14.6 Å². The van der Waals surface area contributed by atoms with Crippen molar-refractivity contribution in [3.8, 4) is 11.9 Å². The van der Waals surface area contributed by atoms with Gasteiger partial charge in [-0.25, -0.2) is 9.37 Å². The average Bonchev–Trinajstić information content (AvgIpc) is 3.72. The zero-order valence-corrected chi connectivity index (χ0v) is 21.9. The molecule has 1 aliphatic carbocycles. The molecule has 0 bridgehead atoms. The Labute approximate surface area is 226 Å². The summed E-state index contributed by atoms with van der Waals surface area (Å²) in [6.45, 7) is 0.321. The molecule has 1 amide bonds. The minimum atomic E-state index is -0.677. The van der Waals surface area contributed by atoms with Crippen LogP contribution in [0.1, 0.15) is 34.3 Å². The normalized spacial score (nSPS) is 13.5. The van der Waals surface area contributed by atoms with E-state index in [1.54, 1.807) is 36.6 Å². The number of rotatable bonds is 9. The number of anilines is 1. The van der Waals surface area contributed by atoms with Crippen LogP contribution in [-0.4, -0.2) is 49.0 Å². The minimum Gasteiger partial charge on any atom is -0.474 e. The molecule has 0 atom stereocenters. The van der Waals surface area contributed by atoms with Gasteiger partial charge < -0.3 is 18.9 Å². The van der Waals surface area contributed by atoms with Crippen LogP contribution in [0.5, 0.6) is 5.88 Å². The van der Waals surface area contributed by atoms with Crippen molar-refractivity contribution in [3.05, 3.63) is 81.9 Å². The molecule has 0 spiro atoms. The van der Waals surface area contributed by atoms with Gasteiger partial charge in [-0.2, -0.15) is 10.4 Å². The second-order valence-electron chi connectivity index (χ2n) is 9.11. The van der Waals surface area contributed by atoms with E-state index in [2.05, 4.69) is 25.5 Å². The summed E-state index contributed by atoms with van der Waals surface area (Å²) in [7, 11) is 3.45. The number of aromatic nitrogens is 5. The Hall–Kier alpha value is -4.57. The third-order valence-electron chi connectivity index (χ3n) is 6.33. The molecule has 13 heteroatoms. The van der Waals surface area contributed by atoms with Gasteiger partial charge in [0.2, 0.25) is 0 Å². The van der Waals surface area contributed by atoms with Crippen molar-refractivity contribution in [2.75, 3.05) is 18.0 Å². The summed E-state index contributed by atoms with van der Waals surface area (Å²) >= 11 is 1.61. The van der Waals surface area contributed by atoms with Crippen LogP contribution in [0.4, 0.5) is 10.2 Å². The number of carbonyl (C=O) groups is 1. The number of benzene rings is 1. The summed E-state index contributed by atoms with van der Waals surface area (Å²) in [5, 5.41) is 20.1. The average molecular weight is 547 g/mol. The van der Waals surface area contributed by atoms with Crippen molar-refractivity contribution in [3.63, 3.8) is 0 Å². The second kappa shape index (κ2) is 10.7.